The largest absolute Gasteiger partial charge is 0.418 e. The number of halogens is 3. The van der Waals surface area contributed by atoms with E-state index in [1.165, 1.54) is 12.1 Å². The van der Waals surface area contributed by atoms with Gasteiger partial charge in [0.05, 0.1) is 23.1 Å². The van der Waals surface area contributed by atoms with Crippen molar-refractivity contribution in [2.75, 3.05) is 11.9 Å². The van der Waals surface area contributed by atoms with Gasteiger partial charge in [-0.2, -0.15) is 13.2 Å². The smallest absolute Gasteiger partial charge is 0.324 e. The molecule has 1 aromatic rings. The molecule has 0 spiro atoms. The number of imide groups is 1. The highest BCUT2D eigenvalue weighted by atomic mass is 19.4. The van der Waals surface area contributed by atoms with E-state index in [1.807, 2.05) is 0 Å². The van der Waals surface area contributed by atoms with Crippen LogP contribution in [0, 0.1) is 23.7 Å². The van der Waals surface area contributed by atoms with Gasteiger partial charge in [-0.3, -0.25) is 19.3 Å². The molecule has 5 nitrogen and oxygen atoms in total. The lowest BCUT2D eigenvalue weighted by Crippen LogP contribution is -2.39. The average molecular weight is 366 g/mol. The Bertz CT molecular complexity index is 764. The molecule has 0 unspecified atom stereocenters. The third kappa shape index (κ3) is 2.59. The molecule has 3 aliphatic rings. The fraction of sp³-hybridized carbons (Fsp3) is 0.500. The Hall–Kier alpha value is -2.38. The second-order valence-electron chi connectivity index (χ2n) is 7.24. The van der Waals surface area contributed by atoms with E-state index in [9.17, 15) is 27.6 Å². The van der Waals surface area contributed by atoms with Crippen molar-refractivity contribution < 1.29 is 27.6 Å². The second-order valence-corrected chi connectivity index (χ2v) is 7.24. The molecule has 2 bridgehead atoms. The summed E-state index contributed by atoms with van der Waals surface area (Å²) in [6.07, 6.45) is -1.89. The highest BCUT2D eigenvalue weighted by Gasteiger charge is 2.60. The maximum absolute atomic E-state index is 13.0. The number of nitrogens with zero attached hydrogens (tertiary/aromatic N) is 1. The summed E-state index contributed by atoms with van der Waals surface area (Å²) in [5.41, 5.74) is -1.35. The van der Waals surface area contributed by atoms with Crippen molar-refractivity contribution in [2.45, 2.75) is 25.4 Å². The summed E-state index contributed by atoms with van der Waals surface area (Å²) in [5.74, 6) is -1.83. The minimum Gasteiger partial charge on any atom is -0.324 e. The molecule has 138 valence electrons. The zero-order valence-corrected chi connectivity index (χ0v) is 13.8. The number of hydrogen-bond acceptors (Lipinski definition) is 3. The monoisotopic (exact) mass is 366 g/mol. The van der Waals surface area contributed by atoms with Crippen LogP contribution in [0.3, 0.4) is 0 Å². The molecule has 26 heavy (non-hydrogen) atoms. The van der Waals surface area contributed by atoms with Gasteiger partial charge in [0.1, 0.15) is 6.54 Å². The van der Waals surface area contributed by atoms with Crippen molar-refractivity contribution in [3.63, 3.8) is 0 Å². The van der Waals surface area contributed by atoms with Gasteiger partial charge in [-0.1, -0.05) is 12.1 Å². The van der Waals surface area contributed by atoms with Gasteiger partial charge >= 0.3 is 6.18 Å². The number of carbonyl (C=O) groups excluding carboxylic acids is 3. The molecular weight excluding hydrogens is 349 g/mol. The van der Waals surface area contributed by atoms with E-state index in [1.54, 1.807) is 0 Å². The number of anilines is 1. The quantitative estimate of drug-likeness (QED) is 0.837. The molecule has 2 saturated carbocycles. The second kappa shape index (κ2) is 5.82. The molecule has 1 N–H and O–H groups in total. The van der Waals surface area contributed by atoms with Crippen LogP contribution in [-0.4, -0.2) is 29.2 Å². The van der Waals surface area contributed by atoms with Crippen molar-refractivity contribution in [1.82, 2.24) is 4.90 Å². The number of carbonyl (C=O) groups is 3. The Morgan fingerprint density at radius 3 is 2.23 bits per heavy atom. The van der Waals surface area contributed by atoms with E-state index < -0.39 is 24.2 Å². The van der Waals surface area contributed by atoms with Crippen LogP contribution in [-0.2, 0) is 20.6 Å². The SMILES string of the molecule is O=C(CN1C(=O)[C@H]2[C@@H]3CC[C@@H](C3)[C@@H]2C1=O)Nc1ccccc1C(F)(F)F. The molecule has 3 amide bonds. The number of amides is 3. The number of para-hydroxylation sites is 1. The molecule has 4 rings (SSSR count). The highest BCUT2D eigenvalue weighted by molar-refractivity contribution is 6.09. The van der Waals surface area contributed by atoms with E-state index >= 15 is 0 Å². The first kappa shape index (κ1) is 17.1. The zero-order chi connectivity index (χ0) is 18.6. The molecule has 4 atom stereocenters. The van der Waals surface area contributed by atoms with E-state index in [-0.39, 0.29) is 41.2 Å². The van der Waals surface area contributed by atoms with E-state index in [4.69, 9.17) is 0 Å². The topological polar surface area (TPSA) is 66.5 Å². The number of fused-ring (bicyclic) bond motifs is 5. The summed E-state index contributed by atoms with van der Waals surface area (Å²) in [4.78, 5) is 38.2. The van der Waals surface area contributed by atoms with Crippen LogP contribution in [0.4, 0.5) is 18.9 Å². The molecule has 0 aromatic heterocycles. The Morgan fingerprint density at radius 2 is 1.65 bits per heavy atom. The fourth-order valence-corrected chi connectivity index (χ4v) is 4.80. The van der Waals surface area contributed by atoms with Crippen LogP contribution in [0.2, 0.25) is 0 Å². The predicted octanol–water partition coefficient (Wildman–Crippen LogP) is 2.68. The summed E-state index contributed by atoms with van der Waals surface area (Å²) >= 11 is 0. The minimum absolute atomic E-state index is 0.195. The standard InChI is InChI=1S/C18H17F3N2O3/c19-18(20,21)11-3-1-2-4-12(11)22-13(24)8-23-16(25)14-9-5-6-10(7-9)15(14)17(23)26/h1-4,9-10,14-15H,5-8H2,(H,22,24)/t9-,10+,14-,15-/m0/s1. The fourth-order valence-electron chi connectivity index (χ4n) is 4.80. The van der Waals surface area contributed by atoms with Gasteiger partial charge in [0.25, 0.3) is 0 Å². The molecule has 1 aromatic carbocycles. The average Bonchev–Trinajstić information content (AvgIpc) is 3.24. The minimum atomic E-state index is -4.61. The first-order valence-corrected chi connectivity index (χ1v) is 8.58. The number of hydrogen-bond donors (Lipinski definition) is 1. The van der Waals surface area contributed by atoms with E-state index in [0.29, 0.717) is 0 Å². The van der Waals surface area contributed by atoms with Crippen molar-refractivity contribution >= 4 is 23.4 Å². The Kier molecular flexibility index (Phi) is 3.82. The van der Waals surface area contributed by atoms with Gasteiger partial charge in [-0.25, -0.2) is 0 Å². The van der Waals surface area contributed by atoms with Crippen LogP contribution in [0.1, 0.15) is 24.8 Å². The van der Waals surface area contributed by atoms with Crippen LogP contribution in [0.15, 0.2) is 24.3 Å². The number of alkyl halides is 3. The predicted molar refractivity (Wildman–Crippen MR) is 84.6 cm³/mol. The molecule has 0 radical (unpaired) electrons. The molecule has 1 saturated heterocycles. The lowest BCUT2D eigenvalue weighted by atomic mass is 9.81. The molecule has 3 fully saturated rings. The Morgan fingerprint density at radius 1 is 1.08 bits per heavy atom. The van der Waals surface area contributed by atoms with Gasteiger partial charge in [-0.05, 0) is 43.2 Å². The third-order valence-electron chi connectivity index (χ3n) is 5.83. The summed E-state index contributed by atoms with van der Waals surface area (Å²) < 4.78 is 39.0. The molecule has 1 aliphatic heterocycles. The van der Waals surface area contributed by atoms with Gasteiger partial charge in [0, 0.05) is 0 Å². The van der Waals surface area contributed by atoms with Gasteiger partial charge in [0.2, 0.25) is 17.7 Å². The van der Waals surface area contributed by atoms with E-state index in [2.05, 4.69) is 5.32 Å². The number of likely N-dealkylation sites (tertiary alicyclic amines) is 1. The number of nitrogens with one attached hydrogen (secondary N) is 1. The van der Waals surface area contributed by atoms with Crippen LogP contribution < -0.4 is 5.32 Å². The Labute approximate surface area is 147 Å². The van der Waals surface area contributed by atoms with Crippen molar-refractivity contribution in [3.8, 4) is 0 Å². The lowest BCUT2D eigenvalue weighted by molar-refractivity contribution is -0.143. The van der Waals surface area contributed by atoms with Gasteiger partial charge in [-0.15, -0.1) is 0 Å². The zero-order valence-electron chi connectivity index (χ0n) is 13.8. The highest BCUT2D eigenvalue weighted by Crippen LogP contribution is 2.56. The summed E-state index contributed by atoms with van der Waals surface area (Å²) in [5, 5.41) is 2.18. The first-order chi connectivity index (χ1) is 12.3. The summed E-state index contributed by atoms with van der Waals surface area (Å²) in [7, 11) is 0. The van der Waals surface area contributed by atoms with Crippen LogP contribution in [0.25, 0.3) is 0 Å². The third-order valence-corrected chi connectivity index (χ3v) is 5.83. The van der Waals surface area contributed by atoms with Crippen molar-refractivity contribution in [2.24, 2.45) is 23.7 Å². The number of rotatable bonds is 3. The van der Waals surface area contributed by atoms with Crippen molar-refractivity contribution in [3.05, 3.63) is 29.8 Å². The van der Waals surface area contributed by atoms with Crippen molar-refractivity contribution in [1.29, 1.82) is 0 Å². The van der Waals surface area contributed by atoms with Gasteiger partial charge in [0.15, 0.2) is 0 Å². The van der Waals surface area contributed by atoms with Gasteiger partial charge < -0.3 is 5.32 Å². The van der Waals surface area contributed by atoms with E-state index in [0.717, 1.165) is 36.3 Å². The molecular formula is C18H17F3N2O3. The number of benzene rings is 1. The molecule has 8 heteroatoms. The van der Waals surface area contributed by atoms with Crippen LogP contribution in [0.5, 0.6) is 0 Å². The lowest BCUT2D eigenvalue weighted by Gasteiger charge is -2.19. The maximum atomic E-state index is 13.0. The summed E-state index contributed by atoms with van der Waals surface area (Å²) in [6, 6.07) is 4.61. The molecule has 2 aliphatic carbocycles. The van der Waals surface area contributed by atoms with Crippen LogP contribution >= 0.6 is 0 Å². The maximum Gasteiger partial charge on any atom is 0.418 e. The summed E-state index contributed by atoms with van der Waals surface area (Å²) in [6.45, 7) is -0.545. The normalized spacial score (nSPS) is 30.0. The Balaban J connectivity index is 1.48. The molecule has 1 heterocycles. The first-order valence-electron chi connectivity index (χ1n) is 8.58.